The average molecular weight is 452 g/mol. The van der Waals surface area contributed by atoms with Crippen molar-refractivity contribution >= 4 is 23.6 Å². The summed E-state index contributed by atoms with van der Waals surface area (Å²) in [6, 6.07) is 6.27. The Hall–Kier alpha value is -2.53. The van der Waals surface area contributed by atoms with Gasteiger partial charge in [-0.15, -0.1) is 0 Å². The molecule has 0 heterocycles. The van der Waals surface area contributed by atoms with Crippen LogP contribution in [0, 0.1) is 23.1 Å². The van der Waals surface area contributed by atoms with E-state index in [1.807, 2.05) is 0 Å². The molecule has 3 aliphatic carbocycles. The van der Waals surface area contributed by atoms with E-state index in [4.69, 9.17) is 21.1 Å². The van der Waals surface area contributed by atoms with Crippen LogP contribution in [0.15, 0.2) is 18.2 Å². The lowest BCUT2D eigenvalue weighted by atomic mass is 9.56. The Morgan fingerprint density at radius 1 is 1.26 bits per heavy atom. The van der Waals surface area contributed by atoms with E-state index in [2.05, 4.69) is 16.7 Å². The number of carbonyl (C=O) groups is 2. The lowest BCUT2D eigenvalue weighted by Crippen LogP contribution is -2.68. The highest BCUT2D eigenvalue weighted by Crippen LogP contribution is 2.50. The first-order valence-corrected chi connectivity index (χ1v) is 10.6. The van der Waals surface area contributed by atoms with Gasteiger partial charge in [-0.25, -0.2) is 9.18 Å². The fraction of sp³-hybridized carbons (Fsp3) is 0.591. The topological polar surface area (TPSA) is 100 Å². The predicted molar refractivity (Wildman–Crippen MR) is 112 cm³/mol. The van der Waals surface area contributed by atoms with Gasteiger partial charge in [0.1, 0.15) is 17.2 Å². The van der Waals surface area contributed by atoms with E-state index >= 15 is 0 Å². The number of hydrogen-bond acceptors (Lipinski definition) is 5. The second-order valence-corrected chi connectivity index (χ2v) is 9.77. The third-order valence-corrected chi connectivity index (χ3v) is 6.24. The number of amides is 2. The number of alkyl carbamates (subject to hydrolysis) is 1. The zero-order chi connectivity index (χ0) is 22.9. The molecule has 0 saturated heterocycles. The molecule has 0 aliphatic heterocycles. The van der Waals surface area contributed by atoms with Crippen LogP contribution in [-0.4, -0.2) is 35.3 Å². The van der Waals surface area contributed by atoms with Crippen molar-refractivity contribution in [3.05, 3.63) is 29.0 Å². The van der Waals surface area contributed by atoms with Crippen molar-refractivity contribution in [1.29, 1.82) is 5.26 Å². The van der Waals surface area contributed by atoms with Gasteiger partial charge >= 0.3 is 6.09 Å². The molecule has 3 saturated carbocycles. The Labute approximate surface area is 186 Å². The van der Waals surface area contributed by atoms with Crippen LogP contribution < -0.4 is 15.4 Å². The maximum Gasteiger partial charge on any atom is 0.408 e. The van der Waals surface area contributed by atoms with Crippen LogP contribution in [0.1, 0.15) is 52.9 Å². The highest BCUT2D eigenvalue weighted by molar-refractivity contribution is 6.30. The fourth-order valence-electron chi connectivity index (χ4n) is 4.42. The summed E-state index contributed by atoms with van der Waals surface area (Å²) in [7, 11) is 0. The zero-order valence-corrected chi connectivity index (χ0v) is 18.6. The Balaban J connectivity index is 1.59. The maximum atomic E-state index is 13.5. The third kappa shape index (κ3) is 5.40. The first-order valence-electron chi connectivity index (χ1n) is 10.3. The van der Waals surface area contributed by atoms with E-state index in [0.29, 0.717) is 32.1 Å². The molecule has 9 heteroatoms. The van der Waals surface area contributed by atoms with Crippen LogP contribution in [0.4, 0.5) is 9.18 Å². The highest BCUT2D eigenvalue weighted by atomic mass is 35.5. The quantitative estimate of drug-likeness (QED) is 0.702. The lowest BCUT2D eigenvalue weighted by molar-refractivity contribution is -0.127. The second kappa shape index (κ2) is 8.54. The van der Waals surface area contributed by atoms with Crippen molar-refractivity contribution < 1.29 is 23.5 Å². The summed E-state index contributed by atoms with van der Waals surface area (Å²) in [5.41, 5.74) is -1.80. The molecular formula is C22H27ClFN3O4. The molecule has 1 atom stereocenters. The molecule has 0 spiro atoms. The van der Waals surface area contributed by atoms with Crippen LogP contribution in [-0.2, 0) is 9.53 Å². The molecule has 3 aliphatic rings. The Kier molecular flexibility index (Phi) is 6.38. The van der Waals surface area contributed by atoms with Gasteiger partial charge in [0.2, 0.25) is 0 Å². The molecule has 2 N–H and O–H groups in total. The zero-order valence-electron chi connectivity index (χ0n) is 17.9. The van der Waals surface area contributed by atoms with Crippen LogP contribution in [0.2, 0.25) is 5.02 Å². The number of hydrogen-bond donors (Lipinski definition) is 2. The lowest BCUT2D eigenvalue weighted by Gasteiger charge is -2.55. The van der Waals surface area contributed by atoms with Crippen LogP contribution in [0.25, 0.3) is 0 Å². The van der Waals surface area contributed by atoms with Crippen LogP contribution in [0.5, 0.6) is 5.75 Å². The monoisotopic (exact) mass is 451 g/mol. The van der Waals surface area contributed by atoms with Gasteiger partial charge in [-0.2, -0.15) is 5.26 Å². The largest absolute Gasteiger partial charge is 0.484 e. The molecule has 2 bridgehead atoms. The molecule has 2 amide bonds. The van der Waals surface area contributed by atoms with Gasteiger partial charge in [0, 0.05) is 11.6 Å². The number of nitrogens with zero attached hydrogens (tertiary/aromatic N) is 1. The van der Waals surface area contributed by atoms with E-state index < -0.39 is 34.5 Å². The predicted octanol–water partition coefficient (Wildman–Crippen LogP) is 4.09. The standard InChI is InChI=1S/C22H27ClFN3O4/c1-20(2,3)31-19(29)27-22-8-6-21(7-9-22,11-14(22)12-25)26-18(28)13-30-15-4-5-16(23)17(24)10-15/h4-5,10,14H,6-9,11,13H2,1-3H3,(H,26,28)(H,27,29). The van der Waals surface area contributed by atoms with Crippen molar-refractivity contribution in [2.45, 2.75) is 69.6 Å². The van der Waals surface area contributed by atoms with Crippen molar-refractivity contribution in [2.24, 2.45) is 5.92 Å². The first-order chi connectivity index (χ1) is 14.5. The van der Waals surface area contributed by atoms with E-state index in [-0.39, 0.29) is 23.3 Å². The van der Waals surface area contributed by atoms with Gasteiger partial charge in [-0.05, 0) is 65.0 Å². The van der Waals surface area contributed by atoms with Crippen molar-refractivity contribution in [3.8, 4) is 11.8 Å². The smallest absolute Gasteiger partial charge is 0.408 e. The van der Waals surface area contributed by atoms with E-state index in [0.717, 1.165) is 6.07 Å². The number of nitriles is 1. The van der Waals surface area contributed by atoms with Gasteiger partial charge in [0.25, 0.3) is 5.91 Å². The summed E-state index contributed by atoms with van der Waals surface area (Å²) in [6.45, 7) is 5.08. The number of nitrogens with one attached hydrogen (secondary N) is 2. The Bertz CT molecular complexity index is 901. The minimum atomic E-state index is -0.652. The fourth-order valence-corrected chi connectivity index (χ4v) is 4.54. The van der Waals surface area contributed by atoms with Crippen molar-refractivity contribution in [2.75, 3.05) is 6.61 Å². The van der Waals surface area contributed by atoms with Gasteiger partial charge < -0.3 is 20.1 Å². The minimum absolute atomic E-state index is 0.0221. The molecule has 3 fully saturated rings. The molecule has 1 unspecified atom stereocenters. The van der Waals surface area contributed by atoms with Crippen LogP contribution >= 0.6 is 11.6 Å². The van der Waals surface area contributed by atoms with Gasteiger partial charge in [-0.1, -0.05) is 11.6 Å². The maximum absolute atomic E-state index is 13.5. The number of benzene rings is 1. The number of rotatable bonds is 5. The third-order valence-electron chi connectivity index (χ3n) is 5.93. The molecular weight excluding hydrogens is 425 g/mol. The number of fused-ring (bicyclic) bond motifs is 3. The Morgan fingerprint density at radius 2 is 1.94 bits per heavy atom. The second-order valence-electron chi connectivity index (χ2n) is 9.36. The van der Waals surface area contributed by atoms with E-state index in [1.165, 1.54) is 12.1 Å². The average Bonchev–Trinajstić information content (AvgIpc) is 2.68. The number of halogens is 2. The molecule has 1 aromatic carbocycles. The molecule has 168 valence electrons. The normalized spacial score (nSPS) is 27.2. The van der Waals surface area contributed by atoms with E-state index in [9.17, 15) is 19.2 Å². The summed E-state index contributed by atoms with van der Waals surface area (Å²) in [5, 5.41) is 15.7. The number of carbonyl (C=O) groups excluding carboxylic acids is 2. The van der Waals surface area contributed by atoms with E-state index in [1.54, 1.807) is 20.8 Å². The van der Waals surface area contributed by atoms with Gasteiger partial charge in [0.05, 0.1) is 22.5 Å². The Morgan fingerprint density at radius 3 is 2.52 bits per heavy atom. The summed E-state index contributed by atoms with van der Waals surface area (Å²) >= 11 is 5.65. The first kappa shape index (κ1) is 23.1. The summed E-state index contributed by atoms with van der Waals surface area (Å²) in [4.78, 5) is 24.8. The summed E-state index contributed by atoms with van der Waals surface area (Å²) < 4.78 is 24.3. The van der Waals surface area contributed by atoms with Crippen molar-refractivity contribution in [3.63, 3.8) is 0 Å². The number of ether oxygens (including phenoxy) is 2. The van der Waals surface area contributed by atoms with Crippen molar-refractivity contribution in [1.82, 2.24) is 10.6 Å². The molecule has 7 nitrogen and oxygen atoms in total. The van der Waals surface area contributed by atoms with Gasteiger partial charge in [0.15, 0.2) is 6.61 Å². The van der Waals surface area contributed by atoms with Crippen LogP contribution in [0.3, 0.4) is 0 Å². The minimum Gasteiger partial charge on any atom is -0.484 e. The molecule has 0 radical (unpaired) electrons. The molecule has 1 aromatic rings. The summed E-state index contributed by atoms with van der Waals surface area (Å²) in [5.74, 6) is -1.21. The molecule has 31 heavy (non-hydrogen) atoms. The molecule has 0 aromatic heterocycles. The molecule has 4 rings (SSSR count). The highest BCUT2D eigenvalue weighted by Gasteiger charge is 2.56. The van der Waals surface area contributed by atoms with Gasteiger partial charge in [-0.3, -0.25) is 4.79 Å². The SMILES string of the molecule is CC(C)(C)OC(=O)NC12CCC(NC(=O)COc3ccc(Cl)c(F)c3)(CC1)CC2C#N. The summed E-state index contributed by atoms with van der Waals surface area (Å²) in [6.07, 6.45) is 2.28.